The highest BCUT2D eigenvalue weighted by atomic mass is 16.5. The molecule has 1 aromatic carbocycles. The molecule has 2 rings (SSSR count). The molecule has 1 N–H and O–H groups in total. The molecule has 0 radical (unpaired) electrons. The Bertz CT molecular complexity index is 654. The lowest BCUT2D eigenvalue weighted by molar-refractivity contribution is -0.116. The first kappa shape index (κ1) is 15.6. The lowest BCUT2D eigenvalue weighted by Crippen LogP contribution is -2.20. The van der Waals surface area contributed by atoms with Crippen LogP contribution in [0.25, 0.3) is 6.08 Å². The molecule has 0 spiro atoms. The number of nitrogens with zero attached hydrogens (tertiary/aromatic N) is 1. The van der Waals surface area contributed by atoms with Gasteiger partial charge in [0.2, 0.25) is 5.91 Å². The minimum absolute atomic E-state index is 0.179. The first-order valence-corrected chi connectivity index (χ1v) is 6.80. The Hall–Kier alpha value is -2.82. The number of carbonyl (C=O) groups excluding carboxylic acids is 1. The van der Waals surface area contributed by atoms with Crippen LogP contribution in [-0.4, -0.2) is 25.1 Å². The van der Waals surface area contributed by atoms with E-state index in [0.29, 0.717) is 18.0 Å². The Morgan fingerprint density at radius 2 is 1.95 bits per heavy atom. The summed E-state index contributed by atoms with van der Waals surface area (Å²) in [5.74, 6) is 1.21. The second-order valence-corrected chi connectivity index (χ2v) is 4.51. The number of hydrogen-bond donors (Lipinski definition) is 1. The fourth-order valence-electron chi connectivity index (χ4n) is 1.88. The van der Waals surface area contributed by atoms with Crippen molar-refractivity contribution in [3.8, 4) is 11.5 Å². The van der Waals surface area contributed by atoms with Crippen LogP contribution >= 0.6 is 0 Å². The van der Waals surface area contributed by atoms with Crippen molar-refractivity contribution in [2.24, 2.45) is 0 Å². The van der Waals surface area contributed by atoms with E-state index in [4.69, 9.17) is 9.47 Å². The molecule has 22 heavy (non-hydrogen) atoms. The predicted molar refractivity (Wildman–Crippen MR) is 84.7 cm³/mol. The van der Waals surface area contributed by atoms with Crippen LogP contribution in [0.15, 0.2) is 48.8 Å². The molecule has 1 aromatic heterocycles. The first-order valence-electron chi connectivity index (χ1n) is 6.80. The summed E-state index contributed by atoms with van der Waals surface area (Å²) in [5, 5.41) is 2.81. The van der Waals surface area contributed by atoms with Gasteiger partial charge in [0.05, 0.1) is 14.2 Å². The number of pyridine rings is 1. The van der Waals surface area contributed by atoms with Gasteiger partial charge in [0.15, 0.2) is 0 Å². The van der Waals surface area contributed by atoms with Crippen LogP contribution < -0.4 is 14.8 Å². The Labute approximate surface area is 129 Å². The average Bonchev–Trinajstić information content (AvgIpc) is 2.58. The summed E-state index contributed by atoms with van der Waals surface area (Å²) < 4.78 is 10.4. The van der Waals surface area contributed by atoms with Gasteiger partial charge in [-0.15, -0.1) is 0 Å². The Kier molecular flexibility index (Phi) is 5.54. The summed E-state index contributed by atoms with van der Waals surface area (Å²) in [6, 6.07) is 9.13. The lowest BCUT2D eigenvalue weighted by Gasteiger charge is -2.07. The quantitative estimate of drug-likeness (QED) is 0.832. The lowest BCUT2D eigenvalue weighted by atomic mass is 10.1. The monoisotopic (exact) mass is 298 g/mol. The fourth-order valence-corrected chi connectivity index (χ4v) is 1.88. The number of rotatable bonds is 6. The second-order valence-electron chi connectivity index (χ2n) is 4.51. The van der Waals surface area contributed by atoms with Gasteiger partial charge in [-0.25, -0.2) is 0 Å². The zero-order chi connectivity index (χ0) is 15.8. The number of ether oxygens (including phenoxy) is 2. The molecule has 0 bridgehead atoms. The normalized spacial score (nSPS) is 10.5. The van der Waals surface area contributed by atoms with E-state index >= 15 is 0 Å². The van der Waals surface area contributed by atoms with Crippen molar-refractivity contribution in [2.75, 3.05) is 14.2 Å². The zero-order valence-corrected chi connectivity index (χ0v) is 12.6. The van der Waals surface area contributed by atoms with Crippen molar-refractivity contribution in [1.29, 1.82) is 0 Å². The third-order valence-electron chi connectivity index (χ3n) is 3.07. The van der Waals surface area contributed by atoms with E-state index < -0.39 is 0 Å². The SMILES string of the molecule is COc1ccc(OC)c(/C=C/C(=O)NCc2ccncc2)c1. The van der Waals surface area contributed by atoms with Crippen LogP contribution in [0.3, 0.4) is 0 Å². The van der Waals surface area contributed by atoms with Gasteiger partial charge in [-0.05, 0) is 42.0 Å². The molecule has 0 aliphatic carbocycles. The minimum atomic E-state index is -0.179. The van der Waals surface area contributed by atoms with Gasteiger partial charge in [-0.1, -0.05) is 0 Å². The van der Waals surface area contributed by atoms with E-state index in [9.17, 15) is 4.79 Å². The van der Waals surface area contributed by atoms with Gasteiger partial charge >= 0.3 is 0 Å². The van der Waals surface area contributed by atoms with Crippen LogP contribution in [0.5, 0.6) is 11.5 Å². The van der Waals surface area contributed by atoms with Crippen molar-refractivity contribution in [2.45, 2.75) is 6.54 Å². The molecule has 0 saturated carbocycles. The molecule has 0 saturated heterocycles. The molecular weight excluding hydrogens is 280 g/mol. The van der Waals surface area contributed by atoms with E-state index in [2.05, 4.69) is 10.3 Å². The van der Waals surface area contributed by atoms with Crippen LogP contribution in [0.1, 0.15) is 11.1 Å². The third-order valence-corrected chi connectivity index (χ3v) is 3.07. The van der Waals surface area contributed by atoms with Crippen LogP contribution in [-0.2, 0) is 11.3 Å². The Morgan fingerprint density at radius 3 is 2.64 bits per heavy atom. The van der Waals surface area contributed by atoms with E-state index in [1.807, 2.05) is 18.2 Å². The number of benzene rings is 1. The Balaban J connectivity index is 2.00. The van der Waals surface area contributed by atoms with E-state index in [0.717, 1.165) is 11.1 Å². The molecule has 0 atom stereocenters. The summed E-state index contributed by atoms with van der Waals surface area (Å²) in [4.78, 5) is 15.8. The standard InChI is InChI=1S/C17H18N2O3/c1-21-15-4-5-16(22-2)14(11-15)3-6-17(20)19-12-13-7-9-18-10-8-13/h3-11H,12H2,1-2H3,(H,19,20)/b6-3+. The number of amides is 1. The predicted octanol–water partition coefficient (Wildman–Crippen LogP) is 2.43. The second kappa shape index (κ2) is 7.83. The van der Waals surface area contributed by atoms with Crippen LogP contribution in [0.2, 0.25) is 0 Å². The van der Waals surface area contributed by atoms with Crippen molar-refractivity contribution in [1.82, 2.24) is 10.3 Å². The molecular formula is C17H18N2O3. The molecule has 1 heterocycles. The van der Waals surface area contributed by atoms with E-state index in [1.54, 1.807) is 44.8 Å². The topological polar surface area (TPSA) is 60.5 Å². The van der Waals surface area contributed by atoms with Crippen molar-refractivity contribution in [3.05, 3.63) is 59.9 Å². The Morgan fingerprint density at radius 1 is 1.18 bits per heavy atom. The van der Waals surface area contributed by atoms with Gasteiger partial charge < -0.3 is 14.8 Å². The molecule has 0 aliphatic heterocycles. The maximum Gasteiger partial charge on any atom is 0.244 e. The van der Waals surface area contributed by atoms with Crippen molar-refractivity contribution >= 4 is 12.0 Å². The van der Waals surface area contributed by atoms with Gasteiger partial charge in [-0.3, -0.25) is 9.78 Å². The van der Waals surface area contributed by atoms with Gasteiger partial charge in [0.25, 0.3) is 0 Å². The molecule has 0 unspecified atom stereocenters. The first-order chi connectivity index (χ1) is 10.7. The number of nitrogens with one attached hydrogen (secondary N) is 1. The number of aromatic nitrogens is 1. The number of carbonyl (C=O) groups is 1. The number of methoxy groups -OCH3 is 2. The molecule has 0 fully saturated rings. The minimum Gasteiger partial charge on any atom is -0.497 e. The maximum absolute atomic E-state index is 11.9. The molecule has 114 valence electrons. The van der Waals surface area contributed by atoms with E-state index in [-0.39, 0.29) is 5.91 Å². The van der Waals surface area contributed by atoms with Crippen molar-refractivity contribution < 1.29 is 14.3 Å². The largest absolute Gasteiger partial charge is 0.497 e. The average molecular weight is 298 g/mol. The molecule has 2 aromatic rings. The summed E-state index contributed by atoms with van der Waals surface area (Å²) in [6.45, 7) is 0.459. The summed E-state index contributed by atoms with van der Waals surface area (Å²) in [7, 11) is 3.18. The van der Waals surface area contributed by atoms with E-state index in [1.165, 1.54) is 6.08 Å². The van der Waals surface area contributed by atoms with Gasteiger partial charge in [-0.2, -0.15) is 0 Å². The fraction of sp³-hybridized carbons (Fsp3) is 0.176. The smallest absolute Gasteiger partial charge is 0.244 e. The zero-order valence-electron chi connectivity index (χ0n) is 12.6. The highest BCUT2D eigenvalue weighted by Gasteiger charge is 2.03. The maximum atomic E-state index is 11.9. The van der Waals surface area contributed by atoms with Crippen LogP contribution in [0.4, 0.5) is 0 Å². The number of hydrogen-bond acceptors (Lipinski definition) is 4. The van der Waals surface area contributed by atoms with Gasteiger partial charge in [0.1, 0.15) is 11.5 Å². The molecule has 5 heteroatoms. The molecule has 5 nitrogen and oxygen atoms in total. The van der Waals surface area contributed by atoms with Crippen molar-refractivity contribution in [3.63, 3.8) is 0 Å². The molecule has 1 amide bonds. The van der Waals surface area contributed by atoms with Gasteiger partial charge in [0, 0.05) is 30.6 Å². The summed E-state index contributed by atoms with van der Waals surface area (Å²) in [5.41, 5.74) is 1.77. The summed E-state index contributed by atoms with van der Waals surface area (Å²) in [6.07, 6.45) is 6.55. The third kappa shape index (κ3) is 4.34. The van der Waals surface area contributed by atoms with Crippen LogP contribution in [0, 0.1) is 0 Å². The highest BCUT2D eigenvalue weighted by molar-refractivity contribution is 5.92. The summed E-state index contributed by atoms with van der Waals surface area (Å²) >= 11 is 0. The highest BCUT2D eigenvalue weighted by Crippen LogP contribution is 2.24. The molecule has 0 aliphatic rings.